The van der Waals surface area contributed by atoms with Crippen molar-refractivity contribution in [2.45, 2.75) is 69.6 Å². The maximum absolute atomic E-state index is 13.4. The molecule has 0 amide bonds. The van der Waals surface area contributed by atoms with E-state index in [-0.39, 0.29) is 6.04 Å². The number of hydrogen-bond donors (Lipinski definition) is 1. The number of alkyl halides is 1. The molecule has 3 rings (SSSR count). The van der Waals surface area contributed by atoms with Gasteiger partial charge in [-0.25, -0.2) is 4.39 Å². The van der Waals surface area contributed by atoms with Crippen molar-refractivity contribution < 1.29 is 4.39 Å². The summed E-state index contributed by atoms with van der Waals surface area (Å²) in [4.78, 5) is 0. The van der Waals surface area contributed by atoms with Crippen molar-refractivity contribution in [3.05, 3.63) is 0 Å². The molecule has 3 aliphatic rings. The second-order valence-electron chi connectivity index (χ2n) is 5.53. The molecular weight excluding hydrogens is 177 g/mol. The molecule has 3 saturated carbocycles. The van der Waals surface area contributed by atoms with Crippen LogP contribution in [0.4, 0.5) is 4.39 Å². The molecule has 0 aromatic heterocycles. The lowest BCUT2D eigenvalue weighted by molar-refractivity contribution is -0.0258. The lowest BCUT2D eigenvalue weighted by atomic mass is 9.53. The molecule has 1 nitrogen and oxygen atoms in total. The summed E-state index contributed by atoms with van der Waals surface area (Å²) in [5.74, 6) is 0. The zero-order valence-electron chi connectivity index (χ0n) is 8.77. The lowest BCUT2D eigenvalue weighted by Crippen LogP contribution is -2.60. The van der Waals surface area contributed by atoms with E-state index in [4.69, 9.17) is 0 Å². The van der Waals surface area contributed by atoms with Crippen LogP contribution in [0.5, 0.6) is 0 Å². The van der Waals surface area contributed by atoms with Crippen LogP contribution in [-0.4, -0.2) is 18.3 Å². The summed E-state index contributed by atoms with van der Waals surface area (Å²) in [6.45, 7) is 0. The van der Waals surface area contributed by atoms with E-state index in [1.54, 1.807) is 0 Å². The van der Waals surface area contributed by atoms with Crippen LogP contribution in [0.25, 0.3) is 0 Å². The average Bonchev–Trinajstić information content (AvgIpc) is 2.42. The lowest BCUT2D eigenvalue weighted by Gasteiger charge is -2.57. The first kappa shape index (κ1) is 9.14. The van der Waals surface area contributed by atoms with Gasteiger partial charge >= 0.3 is 0 Å². The zero-order valence-corrected chi connectivity index (χ0v) is 8.77. The standard InChI is InChI=1S/C12H20FN/c13-9-3-1-4-10(9)14-11-5-8-12(11)6-2-7-12/h9-11,14H,1-8H2/t9-,10+,11?/m1/s1. The van der Waals surface area contributed by atoms with E-state index in [0.29, 0.717) is 11.5 Å². The fraction of sp³-hybridized carbons (Fsp3) is 1.00. The smallest absolute Gasteiger partial charge is 0.115 e. The van der Waals surface area contributed by atoms with Gasteiger partial charge < -0.3 is 5.32 Å². The molecular formula is C12H20FN. The summed E-state index contributed by atoms with van der Waals surface area (Å²) in [7, 11) is 0. The summed E-state index contributed by atoms with van der Waals surface area (Å²) in [6, 6.07) is 0.857. The highest BCUT2D eigenvalue weighted by atomic mass is 19.1. The Morgan fingerprint density at radius 2 is 1.86 bits per heavy atom. The van der Waals surface area contributed by atoms with Gasteiger partial charge in [-0.05, 0) is 50.4 Å². The fourth-order valence-corrected chi connectivity index (χ4v) is 3.55. The molecule has 0 saturated heterocycles. The average molecular weight is 197 g/mol. The predicted molar refractivity (Wildman–Crippen MR) is 55.0 cm³/mol. The Balaban J connectivity index is 1.57. The minimum atomic E-state index is -0.562. The van der Waals surface area contributed by atoms with Crippen LogP contribution in [0, 0.1) is 5.41 Å². The van der Waals surface area contributed by atoms with Crippen molar-refractivity contribution in [2.75, 3.05) is 0 Å². The molecule has 80 valence electrons. The Kier molecular flexibility index (Phi) is 2.08. The van der Waals surface area contributed by atoms with Crippen LogP contribution in [-0.2, 0) is 0 Å². The predicted octanol–water partition coefficient (Wildman–Crippen LogP) is 2.80. The summed E-state index contributed by atoms with van der Waals surface area (Å²) in [5, 5.41) is 3.58. The Morgan fingerprint density at radius 3 is 2.29 bits per heavy atom. The van der Waals surface area contributed by atoms with Gasteiger partial charge in [0.05, 0.1) is 0 Å². The van der Waals surface area contributed by atoms with Gasteiger partial charge in [0.25, 0.3) is 0 Å². The van der Waals surface area contributed by atoms with Crippen molar-refractivity contribution in [2.24, 2.45) is 5.41 Å². The normalized spacial score (nSPS) is 44.8. The summed E-state index contributed by atoms with van der Waals surface area (Å²) >= 11 is 0. The van der Waals surface area contributed by atoms with E-state index < -0.39 is 6.17 Å². The second-order valence-corrected chi connectivity index (χ2v) is 5.53. The van der Waals surface area contributed by atoms with Gasteiger partial charge in [0.15, 0.2) is 0 Å². The molecule has 0 aromatic rings. The van der Waals surface area contributed by atoms with Crippen LogP contribution in [0.15, 0.2) is 0 Å². The van der Waals surface area contributed by atoms with E-state index >= 15 is 0 Å². The van der Waals surface area contributed by atoms with Crippen LogP contribution in [0.2, 0.25) is 0 Å². The van der Waals surface area contributed by atoms with Gasteiger partial charge in [-0.2, -0.15) is 0 Å². The number of halogens is 1. The SMILES string of the molecule is F[C@@H]1CCC[C@@H]1NC1CCC12CCC2. The third kappa shape index (κ3) is 1.23. The van der Waals surface area contributed by atoms with E-state index in [1.165, 1.54) is 32.1 Å². The Bertz CT molecular complexity index is 219. The minimum absolute atomic E-state index is 0.192. The van der Waals surface area contributed by atoms with Gasteiger partial charge in [-0.3, -0.25) is 0 Å². The minimum Gasteiger partial charge on any atom is -0.308 e. The molecule has 0 aromatic carbocycles. The Morgan fingerprint density at radius 1 is 1.00 bits per heavy atom. The van der Waals surface area contributed by atoms with Gasteiger partial charge in [0.2, 0.25) is 0 Å². The van der Waals surface area contributed by atoms with Gasteiger partial charge in [-0.1, -0.05) is 6.42 Å². The Hall–Kier alpha value is -0.110. The monoisotopic (exact) mass is 197 g/mol. The van der Waals surface area contributed by atoms with Crippen LogP contribution in [0.3, 0.4) is 0 Å². The Labute approximate surface area is 85.5 Å². The first-order chi connectivity index (χ1) is 6.80. The quantitative estimate of drug-likeness (QED) is 0.717. The molecule has 14 heavy (non-hydrogen) atoms. The van der Waals surface area contributed by atoms with Crippen LogP contribution < -0.4 is 5.32 Å². The van der Waals surface area contributed by atoms with Crippen LogP contribution >= 0.6 is 0 Å². The first-order valence-electron chi connectivity index (χ1n) is 6.20. The van der Waals surface area contributed by atoms with Crippen molar-refractivity contribution in [3.8, 4) is 0 Å². The highest BCUT2D eigenvalue weighted by molar-refractivity contribution is 5.06. The van der Waals surface area contributed by atoms with Crippen molar-refractivity contribution >= 4 is 0 Å². The second kappa shape index (κ2) is 3.19. The molecule has 1 N–H and O–H groups in total. The molecule has 3 fully saturated rings. The highest BCUT2D eigenvalue weighted by Crippen LogP contribution is 2.56. The summed E-state index contributed by atoms with van der Waals surface area (Å²) < 4.78 is 13.4. The molecule has 0 bridgehead atoms. The third-order valence-electron chi connectivity index (χ3n) is 4.87. The van der Waals surface area contributed by atoms with Gasteiger partial charge in [-0.15, -0.1) is 0 Å². The fourth-order valence-electron chi connectivity index (χ4n) is 3.55. The largest absolute Gasteiger partial charge is 0.308 e. The van der Waals surface area contributed by atoms with Crippen LogP contribution in [0.1, 0.15) is 51.4 Å². The number of nitrogens with one attached hydrogen (secondary N) is 1. The number of hydrogen-bond acceptors (Lipinski definition) is 1. The molecule has 2 heteroatoms. The topological polar surface area (TPSA) is 12.0 Å². The van der Waals surface area contributed by atoms with Crippen molar-refractivity contribution in [1.82, 2.24) is 5.32 Å². The zero-order chi connectivity index (χ0) is 9.60. The van der Waals surface area contributed by atoms with Crippen molar-refractivity contribution in [1.29, 1.82) is 0 Å². The molecule has 1 spiro atoms. The summed E-state index contributed by atoms with van der Waals surface area (Å²) in [5.41, 5.74) is 0.627. The number of rotatable bonds is 2. The van der Waals surface area contributed by atoms with E-state index in [2.05, 4.69) is 5.32 Å². The van der Waals surface area contributed by atoms with E-state index in [9.17, 15) is 4.39 Å². The molecule has 0 aliphatic heterocycles. The highest BCUT2D eigenvalue weighted by Gasteiger charge is 2.51. The van der Waals surface area contributed by atoms with E-state index in [0.717, 1.165) is 19.3 Å². The van der Waals surface area contributed by atoms with Gasteiger partial charge in [0.1, 0.15) is 6.17 Å². The molecule has 3 atom stereocenters. The molecule has 0 radical (unpaired) electrons. The molecule has 1 unspecified atom stereocenters. The van der Waals surface area contributed by atoms with E-state index in [1.807, 2.05) is 0 Å². The maximum Gasteiger partial charge on any atom is 0.115 e. The first-order valence-corrected chi connectivity index (χ1v) is 6.20. The molecule has 0 heterocycles. The summed E-state index contributed by atoms with van der Waals surface area (Å²) in [6.07, 6.45) is 9.26. The van der Waals surface area contributed by atoms with Crippen molar-refractivity contribution in [3.63, 3.8) is 0 Å². The molecule has 3 aliphatic carbocycles. The maximum atomic E-state index is 13.4. The third-order valence-corrected chi connectivity index (χ3v) is 4.87. The van der Waals surface area contributed by atoms with Gasteiger partial charge in [0, 0.05) is 12.1 Å².